The molecule has 1 aromatic heterocycles. The van der Waals surface area contributed by atoms with E-state index in [0.717, 1.165) is 44.6 Å². The molecule has 0 N–H and O–H groups in total. The lowest BCUT2D eigenvalue weighted by Gasteiger charge is -2.23. The molecule has 1 aliphatic heterocycles. The molecule has 2 fully saturated rings. The normalized spacial score (nSPS) is 22.0. The fraction of sp³-hybridized carbons (Fsp3) is 0.526. The zero-order valence-corrected chi connectivity index (χ0v) is 14.4. The highest BCUT2D eigenvalue weighted by Gasteiger charge is 2.34. The molecule has 1 saturated heterocycles. The van der Waals surface area contributed by atoms with Crippen LogP contribution in [0.5, 0.6) is 0 Å². The van der Waals surface area contributed by atoms with Gasteiger partial charge in [0.1, 0.15) is 6.04 Å². The molecular formula is C19H23N3O3. The van der Waals surface area contributed by atoms with E-state index < -0.39 is 6.10 Å². The first-order valence-electron chi connectivity index (χ1n) is 9.02. The predicted molar refractivity (Wildman–Crippen MR) is 90.7 cm³/mol. The molecule has 0 radical (unpaired) electrons. The van der Waals surface area contributed by atoms with Crippen LogP contribution in [-0.2, 0) is 16.1 Å². The lowest BCUT2D eigenvalue weighted by molar-refractivity contribution is -0.155. The molecule has 2 aliphatic rings. The Hall–Kier alpha value is -2.21. The summed E-state index contributed by atoms with van der Waals surface area (Å²) in [6.45, 7) is 3.47. The van der Waals surface area contributed by atoms with Gasteiger partial charge in [0, 0.05) is 12.5 Å². The van der Waals surface area contributed by atoms with Crippen molar-refractivity contribution in [3.05, 3.63) is 47.6 Å². The molecule has 2 aromatic rings. The second-order valence-electron chi connectivity index (χ2n) is 6.96. The molecule has 0 bridgehead atoms. The van der Waals surface area contributed by atoms with E-state index >= 15 is 0 Å². The van der Waals surface area contributed by atoms with Crippen LogP contribution >= 0.6 is 0 Å². The number of nitrogens with zero attached hydrogens (tertiary/aromatic N) is 3. The molecular weight excluding hydrogens is 318 g/mol. The van der Waals surface area contributed by atoms with Crippen molar-refractivity contribution in [3.63, 3.8) is 0 Å². The van der Waals surface area contributed by atoms with Crippen LogP contribution in [0.15, 0.2) is 34.9 Å². The van der Waals surface area contributed by atoms with Crippen molar-refractivity contribution in [1.29, 1.82) is 0 Å². The summed E-state index contributed by atoms with van der Waals surface area (Å²) in [5.74, 6) is 1.36. The molecule has 1 saturated carbocycles. The molecule has 0 spiro atoms. The first kappa shape index (κ1) is 16.3. The van der Waals surface area contributed by atoms with Crippen molar-refractivity contribution in [2.45, 2.75) is 57.2 Å². The third kappa shape index (κ3) is 3.74. The minimum atomic E-state index is -0.508. The van der Waals surface area contributed by atoms with E-state index in [1.807, 2.05) is 18.2 Å². The van der Waals surface area contributed by atoms with Gasteiger partial charge in [-0.1, -0.05) is 35.5 Å². The topological polar surface area (TPSA) is 68.5 Å². The fourth-order valence-electron chi connectivity index (χ4n) is 3.32. The van der Waals surface area contributed by atoms with E-state index in [1.165, 1.54) is 5.56 Å². The molecule has 2 heterocycles. The Labute approximate surface area is 147 Å². The molecule has 2 atom stereocenters. The smallest absolute Gasteiger partial charge is 0.324 e. The van der Waals surface area contributed by atoms with Gasteiger partial charge in [-0.05, 0) is 44.7 Å². The van der Waals surface area contributed by atoms with Crippen LogP contribution in [0.1, 0.15) is 61.9 Å². The molecule has 6 nitrogen and oxygen atoms in total. The molecule has 0 unspecified atom stereocenters. The summed E-state index contributed by atoms with van der Waals surface area (Å²) in [5.41, 5.74) is 1.21. The highest BCUT2D eigenvalue weighted by Crippen LogP contribution is 2.38. The van der Waals surface area contributed by atoms with Gasteiger partial charge in [0.05, 0.1) is 0 Å². The van der Waals surface area contributed by atoms with Crippen molar-refractivity contribution in [3.8, 4) is 0 Å². The summed E-state index contributed by atoms with van der Waals surface area (Å²) in [5, 5.41) is 3.99. The maximum atomic E-state index is 12.6. The Morgan fingerprint density at radius 1 is 1.32 bits per heavy atom. The summed E-state index contributed by atoms with van der Waals surface area (Å²) in [7, 11) is 0. The van der Waals surface area contributed by atoms with Gasteiger partial charge in [0.15, 0.2) is 11.9 Å². The molecule has 4 rings (SSSR count). The third-order valence-electron chi connectivity index (χ3n) is 4.90. The zero-order chi connectivity index (χ0) is 17.2. The van der Waals surface area contributed by atoms with Crippen LogP contribution in [0.2, 0.25) is 0 Å². The van der Waals surface area contributed by atoms with Gasteiger partial charge in [0.25, 0.3) is 5.89 Å². The second kappa shape index (κ2) is 6.96. The van der Waals surface area contributed by atoms with E-state index in [4.69, 9.17) is 9.26 Å². The standard InChI is InChI=1S/C19H23N3O3/c1-13(18-20-17(21-25-18)15-9-10-15)24-19(23)16-8-5-11-22(16)12-14-6-3-2-4-7-14/h2-4,6-7,13,15-16H,5,8-12H2,1H3/t13-,16+/m0/s1. The van der Waals surface area contributed by atoms with Crippen LogP contribution in [0.25, 0.3) is 0 Å². The Morgan fingerprint density at radius 2 is 2.12 bits per heavy atom. The van der Waals surface area contributed by atoms with Crippen molar-refractivity contribution in [1.82, 2.24) is 15.0 Å². The van der Waals surface area contributed by atoms with Crippen LogP contribution in [-0.4, -0.2) is 33.6 Å². The average molecular weight is 341 g/mol. The molecule has 132 valence electrons. The number of likely N-dealkylation sites (tertiary alicyclic amines) is 1. The minimum Gasteiger partial charge on any atom is -0.451 e. The quantitative estimate of drug-likeness (QED) is 0.752. The predicted octanol–water partition coefficient (Wildman–Crippen LogP) is 3.22. The maximum Gasteiger partial charge on any atom is 0.324 e. The summed E-state index contributed by atoms with van der Waals surface area (Å²) < 4.78 is 10.9. The van der Waals surface area contributed by atoms with E-state index in [9.17, 15) is 4.79 Å². The number of benzene rings is 1. The molecule has 6 heteroatoms. The Morgan fingerprint density at radius 3 is 2.88 bits per heavy atom. The van der Waals surface area contributed by atoms with Crippen LogP contribution < -0.4 is 0 Å². The van der Waals surface area contributed by atoms with Gasteiger partial charge < -0.3 is 9.26 Å². The fourth-order valence-corrected chi connectivity index (χ4v) is 3.32. The average Bonchev–Trinajstić information content (AvgIpc) is 3.17. The first-order chi connectivity index (χ1) is 12.2. The van der Waals surface area contributed by atoms with Gasteiger partial charge in [-0.2, -0.15) is 4.98 Å². The van der Waals surface area contributed by atoms with Crippen molar-refractivity contribution in [2.75, 3.05) is 6.54 Å². The maximum absolute atomic E-state index is 12.6. The lowest BCUT2D eigenvalue weighted by Crippen LogP contribution is -2.37. The van der Waals surface area contributed by atoms with Crippen molar-refractivity contribution < 1.29 is 14.1 Å². The highest BCUT2D eigenvalue weighted by molar-refractivity contribution is 5.76. The number of aromatic nitrogens is 2. The molecule has 1 aromatic carbocycles. The number of hydrogen-bond donors (Lipinski definition) is 0. The molecule has 25 heavy (non-hydrogen) atoms. The minimum absolute atomic E-state index is 0.200. The Kier molecular flexibility index (Phi) is 4.53. The Bertz CT molecular complexity index is 727. The van der Waals surface area contributed by atoms with Gasteiger partial charge >= 0.3 is 5.97 Å². The number of carbonyl (C=O) groups excluding carboxylic acids is 1. The summed E-state index contributed by atoms with van der Waals surface area (Å²) in [6, 6.07) is 10.0. The first-order valence-corrected chi connectivity index (χ1v) is 9.02. The number of ether oxygens (including phenoxy) is 1. The zero-order valence-electron chi connectivity index (χ0n) is 14.4. The molecule has 0 amide bonds. The van der Waals surface area contributed by atoms with Crippen LogP contribution in [0, 0.1) is 0 Å². The van der Waals surface area contributed by atoms with Crippen molar-refractivity contribution in [2.24, 2.45) is 0 Å². The largest absolute Gasteiger partial charge is 0.451 e. The number of hydrogen-bond acceptors (Lipinski definition) is 6. The van der Waals surface area contributed by atoms with E-state index in [1.54, 1.807) is 6.92 Å². The monoisotopic (exact) mass is 341 g/mol. The summed E-state index contributed by atoms with van der Waals surface area (Å²) in [6.07, 6.45) is 3.56. The second-order valence-corrected chi connectivity index (χ2v) is 6.96. The highest BCUT2D eigenvalue weighted by atomic mass is 16.6. The number of carbonyl (C=O) groups is 1. The third-order valence-corrected chi connectivity index (χ3v) is 4.90. The van der Waals surface area contributed by atoms with Gasteiger partial charge in [-0.3, -0.25) is 9.69 Å². The van der Waals surface area contributed by atoms with Gasteiger partial charge in [0.2, 0.25) is 0 Å². The lowest BCUT2D eigenvalue weighted by atomic mass is 10.2. The van der Waals surface area contributed by atoms with Gasteiger partial charge in [-0.25, -0.2) is 0 Å². The number of esters is 1. The van der Waals surface area contributed by atoms with E-state index in [0.29, 0.717) is 11.8 Å². The van der Waals surface area contributed by atoms with Crippen LogP contribution in [0.3, 0.4) is 0 Å². The van der Waals surface area contributed by atoms with E-state index in [2.05, 4.69) is 27.2 Å². The van der Waals surface area contributed by atoms with Gasteiger partial charge in [-0.15, -0.1) is 0 Å². The summed E-state index contributed by atoms with van der Waals surface area (Å²) in [4.78, 5) is 19.2. The molecule has 1 aliphatic carbocycles. The van der Waals surface area contributed by atoms with Crippen LogP contribution in [0.4, 0.5) is 0 Å². The van der Waals surface area contributed by atoms with Crippen molar-refractivity contribution >= 4 is 5.97 Å². The summed E-state index contributed by atoms with van der Waals surface area (Å²) >= 11 is 0. The Balaban J connectivity index is 1.37. The number of rotatable bonds is 6. The van der Waals surface area contributed by atoms with E-state index in [-0.39, 0.29) is 12.0 Å². The SMILES string of the molecule is C[C@H](OC(=O)[C@H]1CCCN1Cc1ccccc1)c1nc(C2CC2)no1.